The van der Waals surface area contributed by atoms with Crippen LogP contribution in [-0.2, 0) is 4.74 Å². The number of nitrogens with one attached hydrogen (secondary N) is 1. The predicted molar refractivity (Wildman–Crippen MR) is 127 cm³/mol. The van der Waals surface area contributed by atoms with Gasteiger partial charge in [0.2, 0.25) is 0 Å². The lowest BCUT2D eigenvalue weighted by molar-refractivity contribution is 0.0951. The molecule has 0 saturated heterocycles. The van der Waals surface area contributed by atoms with E-state index in [4.69, 9.17) is 10.5 Å². The number of aromatic nitrogens is 3. The number of rotatable bonds is 7. The van der Waals surface area contributed by atoms with Crippen molar-refractivity contribution >= 4 is 56.1 Å². The molecule has 164 valence electrons. The summed E-state index contributed by atoms with van der Waals surface area (Å²) in [4.78, 5) is 22.2. The quantitative estimate of drug-likeness (QED) is 0.266. The van der Waals surface area contributed by atoms with E-state index in [1.807, 2.05) is 24.3 Å². The zero-order valence-electron chi connectivity index (χ0n) is 17.2. The topological polar surface area (TPSA) is 128 Å². The Balaban J connectivity index is 1.83. The molecule has 4 N–H and O–H groups in total. The van der Waals surface area contributed by atoms with E-state index in [0.29, 0.717) is 47.3 Å². The van der Waals surface area contributed by atoms with E-state index >= 15 is 0 Å². The number of nitrogens with zero attached hydrogens (tertiary/aromatic N) is 4. The minimum Gasteiger partial charge on any atom is -0.507 e. The second-order valence-corrected chi connectivity index (χ2v) is 7.92. The van der Waals surface area contributed by atoms with E-state index in [0.717, 1.165) is 4.47 Å². The predicted octanol–water partition coefficient (Wildman–Crippen LogP) is 3.28. The summed E-state index contributed by atoms with van der Waals surface area (Å²) < 4.78 is 7.16. The molecule has 0 fully saturated rings. The highest BCUT2D eigenvalue weighted by molar-refractivity contribution is 9.10. The Morgan fingerprint density at radius 2 is 2.03 bits per heavy atom. The minimum absolute atomic E-state index is 0.0552. The highest BCUT2D eigenvalue weighted by Gasteiger charge is 2.23. The van der Waals surface area contributed by atoms with Crippen molar-refractivity contribution in [2.75, 3.05) is 26.0 Å². The van der Waals surface area contributed by atoms with Crippen LogP contribution in [-0.4, -0.2) is 52.1 Å². The van der Waals surface area contributed by atoms with E-state index in [9.17, 15) is 9.90 Å². The lowest BCUT2D eigenvalue weighted by atomic mass is 10.2. The second kappa shape index (κ2) is 9.33. The molecular weight excluding hydrogens is 476 g/mol. The highest BCUT2D eigenvalue weighted by atomic mass is 79.9. The molecule has 0 bridgehead atoms. The smallest absolute Gasteiger partial charge is 0.257 e. The minimum atomic E-state index is -0.368. The Kier molecular flexibility index (Phi) is 6.33. The fraction of sp³-hybridized carbons (Fsp3) is 0.182. The maximum Gasteiger partial charge on any atom is 0.257 e. The van der Waals surface area contributed by atoms with Crippen molar-refractivity contribution < 1.29 is 14.6 Å². The SMILES string of the molecule is COCCCNC(=O)c1c(N)n(/N=C/c2cc(Br)ccc2O)c2nc3ccccc3nc12. The van der Waals surface area contributed by atoms with Gasteiger partial charge in [0.25, 0.3) is 5.91 Å². The number of ether oxygens (including phenoxy) is 1. The van der Waals surface area contributed by atoms with Crippen LogP contribution in [0.25, 0.3) is 22.2 Å². The number of nitrogen functional groups attached to an aromatic ring is 1. The van der Waals surface area contributed by atoms with Gasteiger partial charge in [0.15, 0.2) is 5.65 Å². The number of methoxy groups -OCH3 is 1. The average molecular weight is 497 g/mol. The van der Waals surface area contributed by atoms with Crippen molar-refractivity contribution in [2.24, 2.45) is 5.10 Å². The summed E-state index contributed by atoms with van der Waals surface area (Å²) in [5, 5.41) is 17.4. The molecule has 0 unspecified atom stereocenters. The highest BCUT2D eigenvalue weighted by Crippen LogP contribution is 2.28. The fourth-order valence-corrected chi connectivity index (χ4v) is 3.62. The van der Waals surface area contributed by atoms with Crippen LogP contribution in [0.5, 0.6) is 5.75 Å². The molecule has 2 aromatic carbocycles. The number of anilines is 1. The van der Waals surface area contributed by atoms with E-state index in [-0.39, 0.29) is 23.0 Å². The van der Waals surface area contributed by atoms with Crippen LogP contribution in [0.2, 0.25) is 0 Å². The van der Waals surface area contributed by atoms with E-state index < -0.39 is 0 Å². The van der Waals surface area contributed by atoms with Crippen LogP contribution in [0.1, 0.15) is 22.3 Å². The molecule has 4 rings (SSSR count). The Labute approximate surface area is 192 Å². The van der Waals surface area contributed by atoms with Gasteiger partial charge in [0, 0.05) is 30.3 Å². The molecule has 10 heteroatoms. The van der Waals surface area contributed by atoms with Gasteiger partial charge in [-0.1, -0.05) is 28.1 Å². The fourth-order valence-electron chi connectivity index (χ4n) is 3.24. The van der Waals surface area contributed by atoms with Gasteiger partial charge in [-0.05, 0) is 36.8 Å². The van der Waals surface area contributed by atoms with Crippen LogP contribution >= 0.6 is 15.9 Å². The van der Waals surface area contributed by atoms with Gasteiger partial charge in [-0.15, -0.1) is 0 Å². The first-order valence-corrected chi connectivity index (χ1v) is 10.7. The molecular formula is C22H21BrN6O3. The van der Waals surface area contributed by atoms with Gasteiger partial charge in [-0.25, -0.2) is 9.97 Å². The molecule has 0 aliphatic rings. The van der Waals surface area contributed by atoms with Crippen LogP contribution in [0.15, 0.2) is 52.0 Å². The number of para-hydroxylation sites is 2. The maximum absolute atomic E-state index is 13.0. The molecule has 9 nitrogen and oxygen atoms in total. The lowest BCUT2D eigenvalue weighted by Crippen LogP contribution is -2.26. The zero-order valence-corrected chi connectivity index (χ0v) is 18.8. The van der Waals surface area contributed by atoms with Crippen molar-refractivity contribution in [2.45, 2.75) is 6.42 Å². The van der Waals surface area contributed by atoms with Gasteiger partial charge < -0.3 is 20.9 Å². The molecule has 0 aliphatic heterocycles. The zero-order chi connectivity index (χ0) is 22.7. The number of hydrogen-bond donors (Lipinski definition) is 3. The Bertz CT molecular complexity index is 1330. The van der Waals surface area contributed by atoms with E-state index in [1.54, 1.807) is 25.3 Å². The number of aromatic hydroxyl groups is 1. The molecule has 0 aliphatic carbocycles. The third kappa shape index (κ3) is 4.27. The Morgan fingerprint density at radius 3 is 2.78 bits per heavy atom. The normalized spacial score (nSPS) is 11.6. The number of amides is 1. The molecule has 2 aromatic heterocycles. The van der Waals surface area contributed by atoms with Gasteiger partial charge >= 0.3 is 0 Å². The van der Waals surface area contributed by atoms with Crippen molar-refractivity contribution in [1.29, 1.82) is 0 Å². The number of halogens is 1. The second-order valence-electron chi connectivity index (χ2n) is 7.01. The van der Waals surface area contributed by atoms with Crippen LogP contribution in [0.4, 0.5) is 5.82 Å². The molecule has 4 aromatic rings. The summed E-state index contributed by atoms with van der Waals surface area (Å²) in [7, 11) is 1.61. The Morgan fingerprint density at radius 1 is 1.28 bits per heavy atom. The lowest BCUT2D eigenvalue weighted by Gasteiger charge is -2.05. The van der Waals surface area contributed by atoms with Crippen LogP contribution < -0.4 is 11.1 Å². The van der Waals surface area contributed by atoms with E-state index in [1.165, 1.54) is 10.9 Å². The first-order chi connectivity index (χ1) is 15.5. The monoisotopic (exact) mass is 496 g/mol. The number of hydrogen-bond acceptors (Lipinski definition) is 7. The summed E-state index contributed by atoms with van der Waals surface area (Å²) in [6, 6.07) is 12.3. The molecule has 0 saturated carbocycles. The maximum atomic E-state index is 13.0. The summed E-state index contributed by atoms with van der Waals surface area (Å²) in [5.41, 5.74) is 9.00. The first kappa shape index (κ1) is 21.7. The third-order valence-corrected chi connectivity index (χ3v) is 5.31. The summed E-state index contributed by atoms with van der Waals surface area (Å²) >= 11 is 3.37. The van der Waals surface area contributed by atoms with Gasteiger partial charge in [-0.3, -0.25) is 4.79 Å². The Hall–Kier alpha value is -3.50. The standard InChI is InChI=1S/C22H21BrN6O3/c1-32-10-4-9-25-22(31)18-19-21(28-16-6-3-2-5-15(16)27-19)29(20(18)24)26-12-13-11-14(23)7-8-17(13)30/h2-3,5-8,11-12,30H,4,9-10,24H2,1H3,(H,25,31)/b26-12+. The van der Waals surface area contributed by atoms with Gasteiger partial charge in [0.1, 0.15) is 22.6 Å². The summed E-state index contributed by atoms with van der Waals surface area (Å²) in [6.07, 6.45) is 2.11. The number of carbonyl (C=O) groups excluding carboxylic acids is 1. The number of phenolic OH excluding ortho intramolecular Hbond substituents is 1. The molecule has 32 heavy (non-hydrogen) atoms. The number of phenols is 1. The molecule has 0 atom stereocenters. The van der Waals surface area contributed by atoms with Gasteiger partial charge in [-0.2, -0.15) is 9.78 Å². The van der Waals surface area contributed by atoms with Crippen molar-refractivity contribution in [3.63, 3.8) is 0 Å². The first-order valence-electron chi connectivity index (χ1n) is 9.86. The largest absolute Gasteiger partial charge is 0.507 e. The molecule has 1 amide bonds. The van der Waals surface area contributed by atoms with Crippen LogP contribution in [0, 0.1) is 0 Å². The van der Waals surface area contributed by atoms with Gasteiger partial charge in [0.05, 0.1) is 17.2 Å². The molecule has 0 radical (unpaired) electrons. The third-order valence-electron chi connectivity index (χ3n) is 4.81. The number of fused-ring (bicyclic) bond motifs is 2. The summed E-state index contributed by atoms with van der Waals surface area (Å²) in [6.45, 7) is 0.956. The van der Waals surface area contributed by atoms with Crippen LogP contribution in [0.3, 0.4) is 0 Å². The van der Waals surface area contributed by atoms with Crippen molar-refractivity contribution in [1.82, 2.24) is 20.0 Å². The number of benzene rings is 2. The van der Waals surface area contributed by atoms with E-state index in [2.05, 4.69) is 36.3 Å². The van der Waals surface area contributed by atoms with Crippen molar-refractivity contribution in [3.05, 3.63) is 58.1 Å². The summed E-state index contributed by atoms with van der Waals surface area (Å²) in [5.74, 6) is -0.211. The molecule has 0 spiro atoms. The number of carbonyl (C=O) groups is 1. The number of nitrogens with two attached hydrogens (primary N) is 1. The average Bonchev–Trinajstić information content (AvgIpc) is 3.05. The van der Waals surface area contributed by atoms with Crippen molar-refractivity contribution in [3.8, 4) is 5.75 Å². The molecule has 2 heterocycles.